The average Bonchev–Trinajstić information content (AvgIpc) is 2.50. The van der Waals surface area contributed by atoms with Crippen molar-refractivity contribution in [1.82, 2.24) is 0 Å². The Morgan fingerprint density at radius 3 is 2.86 bits per heavy atom. The Bertz CT molecular complexity index is 697. The van der Waals surface area contributed by atoms with Crippen LogP contribution in [0.5, 0.6) is 5.75 Å². The van der Waals surface area contributed by atoms with Crippen LogP contribution in [0, 0.1) is 6.92 Å². The predicted octanol–water partition coefficient (Wildman–Crippen LogP) is 2.75. The van der Waals surface area contributed by atoms with Crippen molar-refractivity contribution in [2.24, 2.45) is 5.73 Å². The summed E-state index contributed by atoms with van der Waals surface area (Å²) in [4.78, 5) is 14.5. The summed E-state index contributed by atoms with van der Waals surface area (Å²) in [6.45, 7) is 2.46. The van der Waals surface area contributed by atoms with Gasteiger partial charge in [0.25, 0.3) is 5.91 Å². The van der Waals surface area contributed by atoms with Gasteiger partial charge in [-0.15, -0.1) is 0 Å². The van der Waals surface area contributed by atoms with Crippen LogP contribution in [0.15, 0.2) is 42.5 Å². The molecule has 0 radical (unpaired) electrons. The molecule has 1 aliphatic heterocycles. The van der Waals surface area contributed by atoms with Gasteiger partial charge < -0.3 is 15.7 Å². The lowest BCUT2D eigenvalue weighted by atomic mass is 9.96. The van der Waals surface area contributed by atoms with Gasteiger partial charge in [0, 0.05) is 18.3 Å². The van der Waals surface area contributed by atoms with E-state index in [0.717, 1.165) is 23.2 Å². The molecule has 1 aliphatic rings. The van der Waals surface area contributed by atoms with Gasteiger partial charge in [-0.25, -0.2) is 0 Å². The zero-order valence-corrected chi connectivity index (χ0v) is 11.9. The molecular weight excluding hydrogens is 264 g/mol. The molecule has 21 heavy (non-hydrogen) atoms. The van der Waals surface area contributed by atoms with Crippen molar-refractivity contribution in [3.8, 4) is 5.75 Å². The molecule has 4 heteroatoms. The molecule has 0 aromatic heterocycles. The van der Waals surface area contributed by atoms with Crippen LogP contribution in [0.25, 0.3) is 0 Å². The number of nitrogens with zero attached hydrogens (tertiary/aromatic N) is 1. The van der Waals surface area contributed by atoms with E-state index >= 15 is 0 Å². The molecule has 0 bridgehead atoms. The normalized spacial score (nSPS) is 17.4. The van der Waals surface area contributed by atoms with Gasteiger partial charge in [-0.3, -0.25) is 4.79 Å². The number of aromatic hydroxyl groups is 1. The number of rotatable bonds is 1. The monoisotopic (exact) mass is 282 g/mol. The van der Waals surface area contributed by atoms with Crippen molar-refractivity contribution >= 4 is 11.6 Å². The largest absolute Gasteiger partial charge is 0.507 e. The molecule has 2 aromatic rings. The first-order chi connectivity index (χ1) is 10.1. The quantitative estimate of drug-likeness (QED) is 0.845. The van der Waals surface area contributed by atoms with Gasteiger partial charge in [-0.05, 0) is 37.1 Å². The van der Waals surface area contributed by atoms with E-state index < -0.39 is 0 Å². The number of phenolic OH excluding ortho intramolecular Hbond substituents is 1. The van der Waals surface area contributed by atoms with Crippen LogP contribution < -0.4 is 10.6 Å². The predicted molar refractivity (Wildman–Crippen MR) is 82.5 cm³/mol. The molecule has 0 aliphatic carbocycles. The number of amides is 1. The SMILES string of the molecule is Cc1ccc(O)c(C(=O)N2CCC(N)c3ccccc32)c1. The first-order valence-corrected chi connectivity index (χ1v) is 7.04. The van der Waals surface area contributed by atoms with Gasteiger partial charge >= 0.3 is 0 Å². The standard InChI is InChI=1S/C17H18N2O2/c1-11-6-7-16(20)13(10-11)17(21)19-9-8-14(18)12-4-2-3-5-15(12)19/h2-7,10,14,20H,8-9,18H2,1H3. The average molecular weight is 282 g/mol. The second-order valence-electron chi connectivity index (χ2n) is 5.43. The molecule has 3 rings (SSSR count). The number of fused-ring (bicyclic) bond motifs is 1. The van der Waals surface area contributed by atoms with Crippen LogP contribution in [0.3, 0.4) is 0 Å². The van der Waals surface area contributed by atoms with Crippen LogP contribution >= 0.6 is 0 Å². The molecule has 108 valence electrons. The Labute approximate surface area is 123 Å². The molecule has 1 amide bonds. The Balaban J connectivity index is 2.03. The third-order valence-corrected chi connectivity index (χ3v) is 3.92. The zero-order valence-electron chi connectivity index (χ0n) is 11.9. The van der Waals surface area contributed by atoms with Crippen molar-refractivity contribution < 1.29 is 9.90 Å². The molecule has 0 spiro atoms. The minimum absolute atomic E-state index is 0.0120. The number of hydrogen-bond acceptors (Lipinski definition) is 3. The van der Waals surface area contributed by atoms with E-state index in [1.165, 1.54) is 0 Å². The van der Waals surface area contributed by atoms with Gasteiger partial charge in [0.15, 0.2) is 0 Å². The van der Waals surface area contributed by atoms with Crippen LogP contribution in [0.2, 0.25) is 0 Å². The fourth-order valence-corrected chi connectivity index (χ4v) is 2.77. The Morgan fingerprint density at radius 2 is 2.05 bits per heavy atom. The fraction of sp³-hybridized carbons (Fsp3) is 0.235. The minimum Gasteiger partial charge on any atom is -0.507 e. The fourth-order valence-electron chi connectivity index (χ4n) is 2.77. The number of phenols is 1. The second-order valence-corrected chi connectivity index (χ2v) is 5.43. The Hall–Kier alpha value is -2.33. The van der Waals surface area contributed by atoms with E-state index in [2.05, 4.69) is 0 Å². The molecule has 0 fully saturated rings. The second kappa shape index (κ2) is 5.22. The number of nitrogens with two attached hydrogens (primary N) is 1. The summed E-state index contributed by atoms with van der Waals surface area (Å²) < 4.78 is 0. The van der Waals surface area contributed by atoms with E-state index in [9.17, 15) is 9.90 Å². The summed E-state index contributed by atoms with van der Waals surface area (Å²) in [5.41, 5.74) is 9.20. The van der Waals surface area contributed by atoms with Crippen LogP contribution in [-0.4, -0.2) is 17.6 Å². The Kier molecular flexibility index (Phi) is 3.39. The van der Waals surface area contributed by atoms with Crippen molar-refractivity contribution in [3.05, 3.63) is 59.2 Å². The van der Waals surface area contributed by atoms with Crippen LogP contribution in [0.4, 0.5) is 5.69 Å². The number of carbonyl (C=O) groups is 1. The summed E-state index contributed by atoms with van der Waals surface area (Å²) in [5, 5.41) is 9.96. The topological polar surface area (TPSA) is 66.6 Å². The summed E-state index contributed by atoms with van der Waals surface area (Å²) in [7, 11) is 0. The smallest absolute Gasteiger partial charge is 0.262 e. The number of aryl methyl sites for hydroxylation is 1. The number of para-hydroxylation sites is 1. The van der Waals surface area contributed by atoms with Gasteiger partial charge in [-0.1, -0.05) is 29.8 Å². The van der Waals surface area contributed by atoms with E-state index in [1.54, 1.807) is 23.1 Å². The molecular formula is C17H18N2O2. The first-order valence-electron chi connectivity index (χ1n) is 7.04. The van der Waals surface area contributed by atoms with Crippen molar-refractivity contribution in [1.29, 1.82) is 0 Å². The van der Waals surface area contributed by atoms with E-state index in [-0.39, 0.29) is 17.7 Å². The zero-order chi connectivity index (χ0) is 15.0. The number of benzene rings is 2. The number of anilines is 1. The highest BCUT2D eigenvalue weighted by Gasteiger charge is 2.28. The highest BCUT2D eigenvalue weighted by Crippen LogP contribution is 2.34. The van der Waals surface area contributed by atoms with E-state index in [1.807, 2.05) is 31.2 Å². The molecule has 0 saturated heterocycles. The molecule has 1 heterocycles. The van der Waals surface area contributed by atoms with Crippen LogP contribution in [0.1, 0.15) is 33.9 Å². The van der Waals surface area contributed by atoms with Crippen LogP contribution in [-0.2, 0) is 0 Å². The lowest BCUT2D eigenvalue weighted by Gasteiger charge is -2.33. The minimum atomic E-state index is -0.185. The summed E-state index contributed by atoms with van der Waals surface area (Å²) in [6.07, 6.45) is 0.718. The first kappa shape index (κ1) is 13.6. The maximum Gasteiger partial charge on any atom is 0.262 e. The maximum atomic E-state index is 12.8. The van der Waals surface area contributed by atoms with E-state index in [4.69, 9.17) is 5.73 Å². The number of carbonyl (C=O) groups excluding carboxylic acids is 1. The third-order valence-electron chi connectivity index (χ3n) is 3.92. The third kappa shape index (κ3) is 2.38. The van der Waals surface area contributed by atoms with Crippen molar-refractivity contribution in [3.63, 3.8) is 0 Å². The summed E-state index contributed by atoms with van der Waals surface area (Å²) in [5.74, 6) is -0.173. The molecule has 0 saturated carbocycles. The molecule has 4 nitrogen and oxygen atoms in total. The van der Waals surface area contributed by atoms with Gasteiger partial charge in [0.1, 0.15) is 5.75 Å². The lowest BCUT2D eigenvalue weighted by Crippen LogP contribution is -2.38. The van der Waals surface area contributed by atoms with E-state index in [0.29, 0.717) is 12.1 Å². The Morgan fingerprint density at radius 1 is 1.29 bits per heavy atom. The molecule has 1 unspecified atom stereocenters. The maximum absolute atomic E-state index is 12.8. The summed E-state index contributed by atoms with van der Waals surface area (Å²) in [6, 6.07) is 12.7. The highest BCUT2D eigenvalue weighted by atomic mass is 16.3. The van der Waals surface area contributed by atoms with Crippen molar-refractivity contribution in [2.75, 3.05) is 11.4 Å². The molecule has 1 atom stereocenters. The van der Waals surface area contributed by atoms with Gasteiger partial charge in [-0.2, -0.15) is 0 Å². The van der Waals surface area contributed by atoms with Crippen molar-refractivity contribution in [2.45, 2.75) is 19.4 Å². The van der Waals surface area contributed by atoms with Gasteiger partial charge in [0.05, 0.1) is 5.56 Å². The lowest BCUT2D eigenvalue weighted by molar-refractivity contribution is 0.0981. The summed E-state index contributed by atoms with van der Waals surface area (Å²) >= 11 is 0. The molecule has 3 N–H and O–H groups in total. The number of hydrogen-bond donors (Lipinski definition) is 2. The molecule has 2 aromatic carbocycles. The van der Waals surface area contributed by atoms with Gasteiger partial charge in [0.2, 0.25) is 0 Å². The highest BCUT2D eigenvalue weighted by molar-refractivity contribution is 6.08.